The largest absolute Gasteiger partial charge is 1.00 e. The number of carbonyl (C=O) groups excluding carboxylic acids is 7. The van der Waals surface area contributed by atoms with Gasteiger partial charge in [0.1, 0.15) is 59.1 Å². The predicted octanol–water partition coefficient (Wildman–Crippen LogP) is 8.32. The van der Waals surface area contributed by atoms with Crippen LogP contribution in [0.25, 0.3) is 0 Å². The van der Waals surface area contributed by atoms with Crippen molar-refractivity contribution in [3.05, 3.63) is 154 Å². The number of anilines is 2. The first kappa shape index (κ1) is 75.9. The smallest absolute Gasteiger partial charge is 0.870 e. The predicted molar refractivity (Wildman–Crippen MR) is 366 cm³/mol. The number of aliphatic carboxylic acids is 1. The molecule has 10 atom stereocenters. The first-order valence-electron chi connectivity index (χ1n) is 34.9. The van der Waals surface area contributed by atoms with Gasteiger partial charge in [0.05, 0.1) is 32.8 Å². The number of rotatable bonds is 9. The third kappa shape index (κ3) is 17.2. The average molecular weight is 1370 g/mol. The third-order valence-corrected chi connectivity index (χ3v) is 20.5. The maximum absolute atomic E-state index is 14.6. The molecule has 0 spiro atoms. The molecule has 2 saturated heterocycles. The summed E-state index contributed by atoms with van der Waals surface area (Å²) in [5.74, 6) is -4.58. The number of carboxylic acid groups (broad SMARTS) is 1. The fourth-order valence-corrected chi connectivity index (χ4v) is 14.5. The maximum atomic E-state index is 14.6. The standard InChI is InChI=1S/C39H49FN4O6.C37H45FN4O6.Li.H2O/c1-5-49-36(47)39-21-27(39)14-9-7-6-8-10-18-32(41-28-16-12-15-26(19-28)38(2,3)4)35(46)44-23-29(20-33(44)34(45)42-39)50-37(48)43-22-25-13-11-17-31(40)30(25)24-43;1-36(2,3)24-13-10-14-26(17-24)39-30-16-8-6-4-5-7-12-25-19-37(25,34(45)46)40-32(43)31-18-27(21-42(31)33(30)44)48-35(47)41-20-23-11-9-15-29(38)28(23)22-41;;/h9,11-17,19,27,29,32-33,41H,5-8,10,18,20-24H2,1-4H3,(H,42,45);7,9-15,17,25,27,30-31,39H,4-6,8,16,18-22H2,1-3H3,(H,40,43)(H,45,46);;1H2/q;;+1;/p-1/b14-9-;12-7-;;/t27-,29-,32+,33+,39-;25-,27-,30+,31+,37-;;/m11../s1. The topological polar surface area (TPSA) is 276 Å². The van der Waals surface area contributed by atoms with Gasteiger partial charge in [0.15, 0.2) is 0 Å². The second-order valence-corrected chi connectivity index (χ2v) is 29.7. The first-order valence-corrected chi connectivity index (χ1v) is 34.9. The Morgan fingerprint density at radius 1 is 0.590 bits per heavy atom. The van der Waals surface area contributed by atoms with Gasteiger partial charge in [-0.1, -0.05) is 140 Å². The number of esters is 1. The van der Waals surface area contributed by atoms with Crippen LogP contribution in [0.5, 0.6) is 0 Å². The second kappa shape index (κ2) is 31.7. The van der Waals surface area contributed by atoms with Crippen molar-refractivity contribution < 1.29 is 90.8 Å². The molecule has 24 heteroatoms. The van der Waals surface area contributed by atoms with Crippen molar-refractivity contribution in [2.45, 2.75) is 223 Å². The molecule has 8 aliphatic rings. The van der Waals surface area contributed by atoms with E-state index in [1.54, 1.807) is 31.2 Å². The Labute approximate surface area is 596 Å². The van der Waals surface area contributed by atoms with E-state index in [4.69, 9.17) is 14.2 Å². The van der Waals surface area contributed by atoms with Crippen LogP contribution in [0.1, 0.15) is 172 Å². The molecule has 0 aromatic heterocycles. The minimum absolute atomic E-state index is 0. The summed E-state index contributed by atoms with van der Waals surface area (Å²) in [5, 5.41) is 22.8. The van der Waals surface area contributed by atoms with Crippen LogP contribution in [0, 0.1) is 23.5 Å². The molecule has 21 nitrogen and oxygen atoms in total. The van der Waals surface area contributed by atoms with Crippen molar-refractivity contribution in [1.82, 2.24) is 30.2 Å². The number of fused-ring (bicyclic) bond motifs is 6. The quantitative estimate of drug-likeness (QED) is 0.0456. The van der Waals surface area contributed by atoms with Crippen LogP contribution in [-0.2, 0) is 80.0 Å². The number of nitrogens with zero attached hydrogens (tertiary/aromatic N) is 4. The zero-order chi connectivity index (χ0) is 69.8. The first-order chi connectivity index (χ1) is 46.7. The van der Waals surface area contributed by atoms with Gasteiger partial charge in [-0.05, 0) is 128 Å². The number of amides is 6. The van der Waals surface area contributed by atoms with Crippen molar-refractivity contribution in [3.63, 3.8) is 0 Å². The molecule has 100 heavy (non-hydrogen) atoms. The number of carboxylic acids is 1. The fraction of sp³-hybridized carbons (Fsp3) is 0.526. The Morgan fingerprint density at radius 3 is 1.43 bits per heavy atom. The van der Waals surface area contributed by atoms with Crippen molar-refractivity contribution in [1.29, 1.82) is 0 Å². The zero-order valence-corrected chi connectivity index (χ0v) is 58.8. The van der Waals surface area contributed by atoms with Crippen molar-refractivity contribution in [3.8, 4) is 0 Å². The Balaban J connectivity index is 0.000000229. The summed E-state index contributed by atoms with van der Waals surface area (Å²) < 4.78 is 46.0. The molecule has 2 aliphatic carbocycles. The number of hydrogen-bond donors (Lipinski definition) is 5. The summed E-state index contributed by atoms with van der Waals surface area (Å²) in [4.78, 5) is 115. The molecule has 4 aromatic carbocycles. The Morgan fingerprint density at radius 2 is 1.01 bits per heavy atom. The molecule has 4 aromatic rings. The fourth-order valence-electron chi connectivity index (χ4n) is 14.5. The van der Waals surface area contributed by atoms with E-state index in [1.807, 2.05) is 54.6 Å². The third-order valence-electron chi connectivity index (χ3n) is 20.5. The van der Waals surface area contributed by atoms with Gasteiger partial charge in [-0.15, -0.1) is 0 Å². The molecule has 6 amide bonds. The number of allylic oxidation sites excluding steroid dienone is 2. The van der Waals surface area contributed by atoms with Crippen molar-refractivity contribution in [2.24, 2.45) is 11.8 Å². The van der Waals surface area contributed by atoms with Crippen LogP contribution in [0.15, 0.2) is 109 Å². The molecule has 6 aliphatic heterocycles. The molecular formula is C76H95F2LiN8O13. The van der Waals surface area contributed by atoms with E-state index in [2.05, 4.69) is 81.0 Å². The van der Waals surface area contributed by atoms with Gasteiger partial charge in [-0.3, -0.25) is 29.0 Å². The SMILES string of the molecule is CC(C)(C)c1cccc(N[C@H]2CCCCC/C=C\[C@@H]3C[C@@]3(C(=O)O)NC(=O)[C@@H]3C[C@@H](OC(=O)N4Cc5cccc(F)c5C4)CN3C2=O)c1.CCOC(=O)[C@@]12C[C@H]1/C=C\CCCCC[C@H](Nc1cccc(C(C)(C)C)c1)C(=O)N1C[C@H](OC(=O)N3Cc4cccc(F)c4C3)C[C@H]1C(=O)N2.[Li+].[OH-]. The molecule has 532 valence electrons. The van der Waals surface area contributed by atoms with Crippen molar-refractivity contribution >= 4 is 59.1 Å². The van der Waals surface area contributed by atoms with Crippen LogP contribution in [0.2, 0.25) is 0 Å². The summed E-state index contributed by atoms with van der Waals surface area (Å²) in [6.45, 7) is 15.2. The van der Waals surface area contributed by atoms with Crippen LogP contribution in [0.3, 0.4) is 0 Å². The van der Waals surface area contributed by atoms with Gasteiger partial charge in [0, 0.05) is 60.3 Å². The number of hydrogen-bond acceptors (Lipinski definition) is 14. The molecule has 4 fully saturated rings. The Hall–Kier alpha value is -8.26. The molecule has 2 saturated carbocycles. The van der Waals surface area contributed by atoms with Gasteiger partial charge >= 0.3 is 43.0 Å². The van der Waals surface area contributed by atoms with E-state index in [0.29, 0.717) is 36.0 Å². The normalized spacial score (nSPS) is 27.3. The molecule has 12 rings (SSSR count). The number of halogens is 2. The van der Waals surface area contributed by atoms with E-state index in [9.17, 15) is 52.2 Å². The summed E-state index contributed by atoms with van der Waals surface area (Å²) in [6, 6.07) is 22.1. The van der Waals surface area contributed by atoms with Crippen LogP contribution >= 0.6 is 0 Å². The number of ether oxygens (including phenoxy) is 3. The van der Waals surface area contributed by atoms with E-state index in [1.165, 1.54) is 31.7 Å². The zero-order valence-electron chi connectivity index (χ0n) is 58.8. The van der Waals surface area contributed by atoms with E-state index >= 15 is 0 Å². The van der Waals surface area contributed by atoms with Crippen molar-refractivity contribution in [2.75, 3.05) is 30.3 Å². The minimum Gasteiger partial charge on any atom is -0.870 e. The Kier molecular flexibility index (Phi) is 24.1. The van der Waals surface area contributed by atoms with Crippen LogP contribution < -0.4 is 40.1 Å². The molecule has 6 heterocycles. The summed E-state index contributed by atoms with van der Waals surface area (Å²) in [6.07, 6.45) is 13.6. The number of nitrogens with one attached hydrogen (secondary N) is 4. The van der Waals surface area contributed by atoms with Gasteiger partial charge in [0.25, 0.3) is 0 Å². The molecule has 0 radical (unpaired) electrons. The minimum atomic E-state index is -1.44. The maximum Gasteiger partial charge on any atom is 1.00 e. The number of benzene rings is 4. The summed E-state index contributed by atoms with van der Waals surface area (Å²) in [7, 11) is 0. The van der Waals surface area contributed by atoms with Gasteiger partial charge in [0.2, 0.25) is 23.6 Å². The summed E-state index contributed by atoms with van der Waals surface area (Å²) in [5.41, 5.74) is 3.32. The summed E-state index contributed by atoms with van der Waals surface area (Å²) >= 11 is 0. The molecule has 6 N–H and O–H groups in total. The Bertz CT molecular complexity index is 3770. The molecule has 0 bridgehead atoms. The second-order valence-electron chi connectivity index (χ2n) is 29.7. The van der Waals surface area contributed by atoms with Crippen LogP contribution in [0.4, 0.5) is 29.7 Å². The number of carbonyl (C=O) groups is 8. The molecular weight excluding hydrogens is 1280 g/mol. The van der Waals surface area contributed by atoms with Crippen LogP contribution in [-0.4, -0.2) is 145 Å². The average Bonchev–Trinajstić information content (AvgIpc) is 1.59. The van der Waals surface area contributed by atoms with Gasteiger partial charge in [-0.25, -0.2) is 28.0 Å². The van der Waals surface area contributed by atoms with Gasteiger partial charge < -0.3 is 55.9 Å². The molecule has 0 unspecified atom stereocenters. The van der Waals surface area contributed by atoms with E-state index in [-0.39, 0.29) is 136 Å². The van der Waals surface area contributed by atoms with E-state index < -0.39 is 83.4 Å². The monoisotopic (exact) mass is 1370 g/mol. The van der Waals surface area contributed by atoms with Gasteiger partial charge in [-0.2, -0.15) is 0 Å². The van der Waals surface area contributed by atoms with E-state index in [0.717, 1.165) is 79.4 Å².